The number of aliphatic carboxylic acids is 1. The number of carbonyl (C=O) groups excluding carboxylic acids is 2. The van der Waals surface area contributed by atoms with Crippen LogP contribution in [0.2, 0.25) is 0 Å². The molecule has 2 amide bonds. The summed E-state index contributed by atoms with van der Waals surface area (Å²) >= 11 is 0. The molecule has 1 aliphatic heterocycles. The number of benzene rings is 1. The fraction of sp³-hybridized carbons (Fsp3) is 0.318. The topological polar surface area (TPSA) is 121 Å². The molecule has 3 rings (SSSR count). The Balaban J connectivity index is 1.78. The van der Waals surface area contributed by atoms with Crippen molar-refractivity contribution in [1.82, 2.24) is 10.3 Å². The highest BCUT2D eigenvalue weighted by Crippen LogP contribution is 2.34. The van der Waals surface area contributed by atoms with Crippen molar-refractivity contribution in [3.8, 4) is 0 Å². The highest BCUT2D eigenvalue weighted by atomic mass is 19.1. The molecule has 1 unspecified atom stereocenters. The lowest BCUT2D eigenvalue weighted by Gasteiger charge is -2.13. The fourth-order valence-electron chi connectivity index (χ4n) is 3.52. The number of anilines is 1. The second-order valence-corrected chi connectivity index (χ2v) is 7.23. The number of carboxylic acids is 1. The van der Waals surface area contributed by atoms with Crippen LogP contribution < -0.4 is 10.6 Å². The molecule has 31 heavy (non-hydrogen) atoms. The highest BCUT2D eigenvalue weighted by molar-refractivity contribution is 6.34. The Morgan fingerprint density at radius 2 is 2.06 bits per heavy atom. The van der Waals surface area contributed by atoms with Crippen LogP contribution in [0.1, 0.15) is 35.0 Å². The van der Waals surface area contributed by atoms with Crippen molar-refractivity contribution >= 4 is 35.1 Å². The predicted molar refractivity (Wildman–Crippen MR) is 113 cm³/mol. The summed E-state index contributed by atoms with van der Waals surface area (Å²) in [6.45, 7) is 5.39. The van der Waals surface area contributed by atoms with Crippen LogP contribution in [0, 0.1) is 19.7 Å². The summed E-state index contributed by atoms with van der Waals surface area (Å²) in [7, 11) is 0. The zero-order valence-corrected chi connectivity index (χ0v) is 17.5. The number of aromatic nitrogens is 1. The number of aromatic amines is 1. The average molecular weight is 429 g/mol. The molecule has 2 aromatic rings. The van der Waals surface area contributed by atoms with Crippen molar-refractivity contribution in [1.29, 1.82) is 0 Å². The molecule has 8 nitrogen and oxygen atoms in total. The molecule has 9 heteroatoms. The molecule has 1 aromatic carbocycles. The number of ether oxygens (including phenoxy) is 1. The quantitative estimate of drug-likeness (QED) is 0.481. The van der Waals surface area contributed by atoms with Crippen molar-refractivity contribution in [2.45, 2.75) is 33.3 Å². The number of hydrogen-bond donors (Lipinski definition) is 4. The van der Waals surface area contributed by atoms with E-state index in [2.05, 4.69) is 15.6 Å². The molecule has 2 heterocycles. The first-order valence-electron chi connectivity index (χ1n) is 9.83. The van der Waals surface area contributed by atoms with E-state index in [1.54, 1.807) is 19.9 Å². The smallest absolute Gasteiger partial charge is 0.334 e. The Morgan fingerprint density at radius 3 is 2.74 bits per heavy atom. The largest absolute Gasteiger partial charge is 0.479 e. The van der Waals surface area contributed by atoms with E-state index in [1.165, 1.54) is 18.2 Å². The minimum absolute atomic E-state index is 0.0349. The van der Waals surface area contributed by atoms with E-state index in [-0.39, 0.29) is 31.4 Å². The number of fused-ring (bicyclic) bond motifs is 1. The van der Waals surface area contributed by atoms with Crippen LogP contribution in [0.4, 0.5) is 10.1 Å². The van der Waals surface area contributed by atoms with Gasteiger partial charge in [-0.05, 0) is 56.2 Å². The van der Waals surface area contributed by atoms with E-state index in [1.807, 2.05) is 6.92 Å². The molecule has 1 aromatic heterocycles. The number of carboxylic acid groups (broad SMARTS) is 1. The van der Waals surface area contributed by atoms with Gasteiger partial charge in [0.25, 0.3) is 5.91 Å². The summed E-state index contributed by atoms with van der Waals surface area (Å²) in [5.74, 6) is -2.26. The van der Waals surface area contributed by atoms with E-state index < -0.39 is 17.9 Å². The van der Waals surface area contributed by atoms with Gasteiger partial charge in [0.2, 0.25) is 5.91 Å². The Labute approximate surface area is 178 Å². The number of rotatable bonds is 8. The lowest BCUT2D eigenvalue weighted by Crippen LogP contribution is -2.39. The normalized spacial score (nSPS) is 15.0. The van der Waals surface area contributed by atoms with Gasteiger partial charge in [-0.1, -0.05) is 0 Å². The van der Waals surface area contributed by atoms with Crippen molar-refractivity contribution in [2.75, 3.05) is 18.5 Å². The number of carbonyl (C=O) groups is 3. The molecular formula is C22H24FN3O5. The maximum absolute atomic E-state index is 13.7. The second kappa shape index (κ2) is 9.13. The second-order valence-electron chi connectivity index (χ2n) is 7.23. The number of hydrogen-bond acceptors (Lipinski definition) is 4. The number of aryl methyl sites for hydroxylation is 1. The summed E-state index contributed by atoms with van der Waals surface area (Å²) in [5, 5.41) is 14.4. The van der Waals surface area contributed by atoms with Gasteiger partial charge in [0.1, 0.15) is 5.82 Å². The molecule has 0 bridgehead atoms. The number of amides is 2. The fourth-order valence-corrected chi connectivity index (χ4v) is 3.52. The van der Waals surface area contributed by atoms with Crippen LogP contribution in [-0.2, 0) is 25.5 Å². The van der Waals surface area contributed by atoms with Crippen molar-refractivity contribution in [3.63, 3.8) is 0 Å². The molecule has 0 saturated carbocycles. The van der Waals surface area contributed by atoms with Crippen LogP contribution in [0.5, 0.6) is 0 Å². The molecule has 4 N–H and O–H groups in total. The highest BCUT2D eigenvalue weighted by Gasteiger charge is 2.26. The Morgan fingerprint density at radius 1 is 1.32 bits per heavy atom. The van der Waals surface area contributed by atoms with Gasteiger partial charge >= 0.3 is 5.97 Å². The van der Waals surface area contributed by atoms with Crippen LogP contribution >= 0.6 is 0 Å². The van der Waals surface area contributed by atoms with Gasteiger partial charge in [-0.25, -0.2) is 9.18 Å². The molecule has 1 aliphatic rings. The molecule has 0 radical (unpaired) electrons. The van der Waals surface area contributed by atoms with Crippen LogP contribution in [0.3, 0.4) is 0 Å². The van der Waals surface area contributed by atoms with Gasteiger partial charge in [0.05, 0.1) is 18.5 Å². The minimum Gasteiger partial charge on any atom is -0.479 e. The van der Waals surface area contributed by atoms with E-state index in [9.17, 15) is 18.8 Å². The Kier molecular flexibility index (Phi) is 6.55. The van der Waals surface area contributed by atoms with Crippen molar-refractivity contribution < 1.29 is 28.6 Å². The van der Waals surface area contributed by atoms with E-state index >= 15 is 0 Å². The van der Waals surface area contributed by atoms with E-state index in [0.29, 0.717) is 22.5 Å². The third-order valence-corrected chi connectivity index (χ3v) is 5.15. The van der Waals surface area contributed by atoms with Crippen molar-refractivity contribution in [2.24, 2.45) is 0 Å². The van der Waals surface area contributed by atoms with Gasteiger partial charge in [-0.2, -0.15) is 0 Å². The third-order valence-electron chi connectivity index (χ3n) is 5.15. The molecule has 0 aliphatic carbocycles. The first-order chi connectivity index (χ1) is 14.7. The molecule has 0 spiro atoms. The van der Waals surface area contributed by atoms with E-state index in [4.69, 9.17) is 9.84 Å². The van der Waals surface area contributed by atoms with Gasteiger partial charge < -0.3 is 25.5 Å². The van der Waals surface area contributed by atoms with Crippen LogP contribution in [0.25, 0.3) is 11.6 Å². The number of H-pyrrole nitrogens is 1. The first-order valence-corrected chi connectivity index (χ1v) is 9.83. The zero-order valence-electron chi connectivity index (χ0n) is 17.5. The summed E-state index contributed by atoms with van der Waals surface area (Å²) in [4.78, 5) is 39.0. The zero-order chi connectivity index (χ0) is 22.7. The molecule has 0 saturated heterocycles. The van der Waals surface area contributed by atoms with Gasteiger partial charge in [-0.15, -0.1) is 0 Å². The maximum atomic E-state index is 13.7. The standard InChI is InChI=1S/C22H24FN3O5/c1-4-31-19(22(29)30)10-24-20(27)9-14-11(2)18(25-12(14)3)8-16-15-7-13(23)5-6-17(15)26-21(16)28/h5-8,19,25H,4,9-10H2,1-3H3,(H,24,27)(H,26,28)(H,29,30)/b16-8-. The summed E-state index contributed by atoms with van der Waals surface area (Å²) < 4.78 is 18.7. The molecule has 164 valence electrons. The third kappa shape index (κ3) is 4.83. The lowest BCUT2D eigenvalue weighted by atomic mass is 10.0. The van der Waals surface area contributed by atoms with Gasteiger partial charge in [-0.3, -0.25) is 9.59 Å². The number of nitrogens with one attached hydrogen (secondary N) is 3. The Bertz CT molecular complexity index is 1070. The summed E-state index contributed by atoms with van der Waals surface area (Å²) in [6.07, 6.45) is 0.566. The van der Waals surface area contributed by atoms with Gasteiger partial charge in [0, 0.05) is 29.2 Å². The van der Waals surface area contributed by atoms with Crippen LogP contribution in [0.15, 0.2) is 18.2 Å². The Hall–Kier alpha value is -3.46. The monoisotopic (exact) mass is 429 g/mol. The maximum Gasteiger partial charge on any atom is 0.334 e. The molecule has 0 fully saturated rings. The molecule has 1 atom stereocenters. The SMILES string of the molecule is CCOC(CNC(=O)Cc1c(C)[nH]c(/C=C2\C(=O)Nc3ccc(F)cc32)c1C)C(=O)O. The number of halogens is 1. The van der Waals surface area contributed by atoms with Crippen molar-refractivity contribution in [3.05, 3.63) is 52.1 Å². The van der Waals surface area contributed by atoms with Crippen LogP contribution in [-0.4, -0.2) is 47.1 Å². The van der Waals surface area contributed by atoms with Gasteiger partial charge in [0.15, 0.2) is 6.10 Å². The summed E-state index contributed by atoms with van der Waals surface area (Å²) in [6, 6.07) is 4.09. The van der Waals surface area contributed by atoms with E-state index in [0.717, 1.165) is 16.8 Å². The lowest BCUT2D eigenvalue weighted by molar-refractivity contribution is -0.149. The predicted octanol–water partition coefficient (Wildman–Crippen LogP) is 2.41. The minimum atomic E-state index is -1.14. The molecular weight excluding hydrogens is 405 g/mol. The first kappa shape index (κ1) is 22.2. The summed E-state index contributed by atoms with van der Waals surface area (Å²) in [5.41, 5.74) is 4.25. The average Bonchev–Trinajstić information content (AvgIpc) is 3.15.